The van der Waals surface area contributed by atoms with Gasteiger partial charge < -0.3 is 10.5 Å². The quantitative estimate of drug-likeness (QED) is 0.471. The summed E-state index contributed by atoms with van der Waals surface area (Å²) in [6.07, 6.45) is 1.71. The first kappa shape index (κ1) is 14.0. The summed E-state index contributed by atoms with van der Waals surface area (Å²) < 4.78 is 4.53. The Morgan fingerprint density at radius 3 is 2.55 bits per heavy atom. The van der Waals surface area contributed by atoms with Crippen molar-refractivity contribution in [2.24, 2.45) is 11.7 Å². The Labute approximate surface area is 90.0 Å². The van der Waals surface area contributed by atoms with Crippen molar-refractivity contribution < 1.29 is 9.53 Å². The van der Waals surface area contributed by atoms with E-state index in [1.54, 1.807) is 0 Å². The second-order valence-corrected chi connectivity index (χ2v) is 2.36. The molecule has 62 valence electrons. The molecular weight excluding hydrogens is 153 g/mol. The Morgan fingerprint density at radius 1 is 1.64 bits per heavy atom. The molecule has 1 atom stereocenters. The van der Waals surface area contributed by atoms with Crippen molar-refractivity contribution in [3.8, 4) is 0 Å². The van der Waals surface area contributed by atoms with Crippen molar-refractivity contribution in [3.63, 3.8) is 0 Å². The first-order valence-corrected chi connectivity index (χ1v) is 3.50. The van der Waals surface area contributed by atoms with Crippen molar-refractivity contribution in [3.05, 3.63) is 0 Å². The maximum absolute atomic E-state index is 10.8. The summed E-state index contributed by atoms with van der Waals surface area (Å²) in [6.45, 7) is 2.49. The van der Waals surface area contributed by atoms with Crippen LogP contribution < -0.4 is 5.73 Å². The van der Waals surface area contributed by atoms with E-state index in [1.807, 2.05) is 6.92 Å². The van der Waals surface area contributed by atoms with Gasteiger partial charge in [0.1, 0.15) is 0 Å². The van der Waals surface area contributed by atoms with Gasteiger partial charge in [-0.1, -0.05) is 6.92 Å². The third kappa shape index (κ3) is 6.81. The van der Waals surface area contributed by atoms with E-state index >= 15 is 0 Å². The summed E-state index contributed by atoms with van der Waals surface area (Å²) in [5.41, 5.74) is 5.27. The van der Waals surface area contributed by atoms with Gasteiger partial charge in [0.25, 0.3) is 0 Å². The first-order chi connectivity index (χ1) is 4.72. The summed E-state index contributed by atoms with van der Waals surface area (Å²) in [6, 6.07) is 0. The fraction of sp³-hybridized carbons (Fsp3) is 0.857. The molecule has 0 heterocycles. The van der Waals surface area contributed by atoms with E-state index < -0.39 is 0 Å². The molecule has 4 heteroatoms. The molecule has 0 saturated heterocycles. The third-order valence-electron chi connectivity index (χ3n) is 1.44. The Balaban J connectivity index is 0. The van der Waals surface area contributed by atoms with Crippen LogP contribution in [0.2, 0.25) is 0 Å². The number of methoxy groups -OCH3 is 1. The predicted octanol–water partition coefficient (Wildman–Crippen LogP) is -0.114. The molecule has 2 N–H and O–H groups in total. The molecule has 1 unspecified atom stereocenters. The van der Waals surface area contributed by atoms with Crippen LogP contribution in [0.25, 0.3) is 0 Å². The monoisotopic (exact) mass is 169 g/mol. The zero-order valence-electron chi connectivity index (χ0n) is 6.59. The summed E-state index contributed by atoms with van der Waals surface area (Å²) in [5.74, 6) is -0.151. The number of hydrogen-bond donors (Lipinski definition) is 1. The van der Waals surface area contributed by atoms with E-state index in [4.69, 9.17) is 5.73 Å². The molecule has 0 aliphatic carbocycles. The van der Waals surface area contributed by atoms with Crippen molar-refractivity contribution in [1.82, 2.24) is 0 Å². The number of nitrogens with two attached hydrogens (primary N) is 1. The van der Waals surface area contributed by atoms with Gasteiger partial charge in [-0.3, -0.25) is 4.79 Å². The number of ether oxygens (including phenoxy) is 1. The van der Waals surface area contributed by atoms with E-state index in [-0.39, 0.29) is 41.4 Å². The topological polar surface area (TPSA) is 52.3 Å². The Bertz CT molecular complexity index is 109. The molecular formula is C7H16NNaO2. The molecule has 0 rings (SSSR count). The van der Waals surface area contributed by atoms with E-state index in [1.165, 1.54) is 7.11 Å². The fourth-order valence-electron chi connectivity index (χ4n) is 0.743. The molecule has 0 spiro atoms. The van der Waals surface area contributed by atoms with Gasteiger partial charge in [0, 0.05) is 0 Å². The molecule has 0 saturated carbocycles. The summed E-state index contributed by atoms with van der Waals surface area (Å²) in [4.78, 5) is 10.8. The van der Waals surface area contributed by atoms with Crippen molar-refractivity contribution in [2.45, 2.75) is 19.8 Å². The van der Waals surface area contributed by atoms with Crippen LogP contribution in [0.1, 0.15) is 19.8 Å². The third-order valence-corrected chi connectivity index (χ3v) is 1.44. The summed E-state index contributed by atoms with van der Waals surface area (Å²) >= 11 is 0. The summed E-state index contributed by atoms with van der Waals surface area (Å²) in [5, 5.41) is 0. The van der Waals surface area contributed by atoms with Gasteiger partial charge in [0.15, 0.2) is 0 Å². The minimum absolute atomic E-state index is 0. The average Bonchev–Trinajstić information content (AvgIpc) is 1.98. The van der Waals surface area contributed by atoms with Crippen LogP contribution in [0, 0.1) is 5.92 Å². The van der Waals surface area contributed by atoms with Crippen LogP contribution in [-0.4, -0.2) is 49.2 Å². The van der Waals surface area contributed by atoms with Crippen molar-refractivity contribution >= 4 is 35.5 Å². The van der Waals surface area contributed by atoms with E-state index in [2.05, 4.69) is 4.74 Å². The van der Waals surface area contributed by atoms with Gasteiger partial charge >= 0.3 is 35.5 Å². The van der Waals surface area contributed by atoms with Gasteiger partial charge in [-0.2, -0.15) is 0 Å². The molecule has 0 aromatic heterocycles. The molecule has 0 fully saturated rings. The molecule has 11 heavy (non-hydrogen) atoms. The second-order valence-electron chi connectivity index (χ2n) is 2.36. The van der Waals surface area contributed by atoms with Crippen LogP contribution >= 0.6 is 0 Å². The Morgan fingerprint density at radius 2 is 2.18 bits per heavy atom. The normalized spacial score (nSPS) is 11.5. The number of rotatable bonds is 4. The number of esters is 1. The molecule has 0 aliphatic rings. The van der Waals surface area contributed by atoms with Crippen LogP contribution in [0.4, 0.5) is 0 Å². The van der Waals surface area contributed by atoms with Gasteiger partial charge in [-0.05, 0) is 19.4 Å². The van der Waals surface area contributed by atoms with Crippen molar-refractivity contribution in [1.29, 1.82) is 0 Å². The SMILES string of the molecule is COC(=O)C(C)CCCN.[NaH]. The molecule has 0 bridgehead atoms. The second kappa shape index (κ2) is 8.53. The molecule has 0 aromatic carbocycles. The van der Waals surface area contributed by atoms with Crippen molar-refractivity contribution in [2.75, 3.05) is 13.7 Å². The van der Waals surface area contributed by atoms with Crippen LogP contribution in [0.15, 0.2) is 0 Å². The van der Waals surface area contributed by atoms with Gasteiger partial charge in [0.05, 0.1) is 13.0 Å². The summed E-state index contributed by atoms with van der Waals surface area (Å²) in [7, 11) is 1.40. The van der Waals surface area contributed by atoms with Gasteiger partial charge in [-0.15, -0.1) is 0 Å². The van der Waals surface area contributed by atoms with E-state index in [0.29, 0.717) is 6.54 Å². The van der Waals surface area contributed by atoms with Crippen LogP contribution in [0.3, 0.4) is 0 Å². The standard InChI is InChI=1S/C7H15NO2.Na.H/c1-6(4-3-5-8)7(9)10-2;;/h6H,3-5,8H2,1-2H3;;. The van der Waals surface area contributed by atoms with E-state index in [9.17, 15) is 4.79 Å². The zero-order valence-corrected chi connectivity index (χ0v) is 6.59. The molecule has 0 amide bonds. The minimum atomic E-state index is -0.145. The van der Waals surface area contributed by atoms with Gasteiger partial charge in [0.2, 0.25) is 0 Å². The van der Waals surface area contributed by atoms with E-state index in [0.717, 1.165) is 12.8 Å². The average molecular weight is 169 g/mol. The predicted molar refractivity (Wildman–Crippen MR) is 46.6 cm³/mol. The Hall–Kier alpha value is 0.430. The Kier molecular flexibility index (Phi) is 10.8. The number of carbonyl (C=O) groups is 1. The fourth-order valence-corrected chi connectivity index (χ4v) is 0.743. The van der Waals surface area contributed by atoms with Gasteiger partial charge in [-0.25, -0.2) is 0 Å². The molecule has 0 radical (unpaired) electrons. The first-order valence-electron chi connectivity index (χ1n) is 3.50. The zero-order chi connectivity index (χ0) is 7.98. The maximum atomic E-state index is 10.8. The van der Waals surface area contributed by atoms with Crippen LogP contribution in [0.5, 0.6) is 0 Å². The molecule has 0 aromatic rings. The number of carbonyl (C=O) groups excluding carboxylic acids is 1. The molecule has 3 nitrogen and oxygen atoms in total. The number of hydrogen-bond acceptors (Lipinski definition) is 3. The molecule has 0 aliphatic heterocycles. The van der Waals surface area contributed by atoms with Crippen LogP contribution in [-0.2, 0) is 9.53 Å².